The van der Waals surface area contributed by atoms with E-state index in [1.54, 1.807) is 14.8 Å². The van der Waals surface area contributed by atoms with Crippen LogP contribution in [0.25, 0.3) is 0 Å². The first-order valence-corrected chi connectivity index (χ1v) is 3.88. The van der Waals surface area contributed by atoms with Crippen LogP contribution in [-0.4, -0.2) is 26.2 Å². The second-order valence-corrected chi connectivity index (χ2v) is 2.20. The standard InChI is InChI=1S/C7H13BO3/c1-2-11-7(10)4-3-6(9)5-8/h2-5,8H2,1H3. The first kappa shape index (κ1) is 10.2. The number of rotatable bonds is 5. The van der Waals surface area contributed by atoms with Crippen molar-refractivity contribution in [1.29, 1.82) is 0 Å². The molecule has 0 aliphatic carbocycles. The third kappa shape index (κ3) is 5.64. The number of ketones is 1. The first-order valence-electron chi connectivity index (χ1n) is 3.88. The highest BCUT2D eigenvalue weighted by atomic mass is 16.5. The molecule has 0 saturated carbocycles. The summed E-state index contributed by atoms with van der Waals surface area (Å²) in [6, 6.07) is 0. The van der Waals surface area contributed by atoms with Gasteiger partial charge in [-0.05, 0) is 13.2 Å². The van der Waals surface area contributed by atoms with E-state index in [-0.39, 0.29) is 18.2 Å². The number of Topliss-reactive ketones (excluding diaryl/α,β-unsaturated/α-hetero) is 1. The summed E-state index contributed by atoms with van der Waals surface area (Å²) in [5.41, 5.74) is 0. The van der Waals surface area contributed by atoms with Crippen molar-refractivity contribution in [3.63, 3.8) is 0 Å². The third-order valence-corrected chi connectivity index (χ3v) is 1.31. The van der Waals surface area contributed by atoms with Crippen LogP contribution in [0, 0.1) is 0 Å². The van der Waals surface area contributed by atoms with Gasteiger partial charge < -0.3 is 9.53 Å². The van der Waals surface area contributed by atoms with Crippen molar-refractivity contribution in [2.24, 2.45) is 0 Å². The van der Waals surface area contributed by atoms with Gasteiger partial charge in [0.15, 0.2) is 0 Å². The van der Waals surface area contributed by atoms with E-state index in [9.17, 15) is 9.59 Å². The molecule has 0 radical (unpaired) electrons. The lowest BCUT2D eigenvalue weighted by atomic mass is 9.98. The maximum Gasteiger partial charge on any atom is 0.306 e. The van der Waals surface area contributed by atoms with Crippen LogP contribution < -0.4 is 0 Å². The van der Waals surface area contributed by atoms with Gasteiger partial charge in [0.2, 0.25) is 0 Å². The SMILES string of the molecule is BCC(=O)CCC(=O)OCC. The molecule has 0 aromatic rings. The van der Waals surface area contributed by atoms with E-state index in [1.807, 2.05) is 0 Å². The van der Waals surface area contributed by atoms with E-state index in [0.29, 0.717) is 19.3 Å². The second-order valence-electron chi connectivity index (χ2n) is 2.20. The molecule has 0 spiro atoms. The summed E-state index contributed by atoms with van der Waals surface area (Å²) < 4.78 is 4.65. The quantitative estimate of drug-likeness (QED) is 0.414. The Bertz CT molecular complexity index is 145. The summed E-state index contributed by atoms with van der Waals surface area (Å²) >= 11 is 0. The molecule has 11 heavy (non-hydrogen) atoms. The summed E-state index contributed by atoms with van der Waals surface area (Å²) in [7, 11) is 1.79. The van der Waals surface area contributed by atoms with Crippen molar-refractivity contribution in [3.05, 3.63) is 0 Å². The minimum atomic E-state index is -0.283. The zero-order valence-electron chi connectivity index (χ0n) is 7.05. The van der Waals surface area contributed by atoms with E-state index in [4.69, 9.17) is 0 Å². The Balaban J connectivity index is 3.38. The molecule has 0 bridgehead atoms. The number of carbonyl (C=O) groups excluding carboxylic acids is 2. The summed E-state index contributed by atoms with van der Waals surface area (Å²) in [6.07, 6.45) is 1.04. The molecule has 0 atom stereocenters. The summed E-state index contributed by atoms with van der Waals surface area (Å²) in [6.45, 7) is 2.14. The molecule has 0 aliphatic heterocycles. The van der Waals surface area contributed by atoms with Crippen molar-refractivity contribution >= 4 is 19.6 Å². The van der Waals surface area contributed by atoms with E-state index in [0.717, 1.165) is 0 Å². The molecule has 4 heteroatoms. The molecule has 0 N–H and O–H groups in total. The van der Waals surface area contributed by atoms with Crippen molar-refractivity contribution in [1.82, 2.24) is 0 Å². The van der Waals surface area contributed by atoms with Crippen LogP contribution in [0.2, 0.25) is 6.32 Å². The molecule has 0 aliphatic rings. The largest absolute Gasteiger partial charge is 0.466 e. The predicted molar refractivity (Wildman–Crippen MR) is 44.2 cm³/mol. The van der Waals surface area contributed by atoms with Crippen LogP contribution in [0.1, 0.15) is 19.8 Å². The molecule has 0 aromatic heterocycles. The fraction of sp³-hybridized carbons (Fsp3) is 0.714. The third-order valence-electron chi connectivity index (χ3n) is 1.31. The van der Waals surface area contributed by atoms with Crippen LogP contribution in [0.15, 0.2) is 0 Å². The smallest absolute Gasteiger partial charge is 0.306 e. The second kappa shape index (κ2) is 5.95. The number of esters is 1. The Morgan fingerprint density at radius 3 is 2.45 bits per heavy atom. The molecule has 0 fully saturated rings. The summed E-state index contributed by atoms with van der Waals surface area (Å²) in [4.78, 5) is 21.4. The van der Waals surface area contributed by atoms with Gasteiger partial charge in [-0.1, -0.05) is 0 Å². The topological polar surface area (TPSA) is 43.4 Å². The van der Waals surface area contributed by atoms with E-state index >= 15 is 0 Å². The molecule has 0 heterocycles. The van der Waals surface area contributed by atoms with Gasteiger partial charge in [-0.15, -0.1) is 0 Å². The monoisotopic (exact) mass is 156 g/mol. The van der Waals surface area contributed by atoms with E-state index in [2.05, 4.69) is 4.74 Å². The van der Waals surface area contributed by atoms with E-state index < -0.39 is 0 Å². The molecular formula is C7H13BO3. The average Bonchev–Trinajstić information content (AvgIpc) is 2.01. The Morgan fingerprint density at radius 2 is 2.00 bits per heavy atom. The summed E-state index contributed by atoms with van der Waals surface area (Å²) in [5.74, 6) is -0.174. The normalized spacial score (nSPS) is 9.18. The lowest BCUT2D eigenvalue weighted by molar-refractivity contribution is -0.144. The molecular weight excluding hydrogens is 143 g/mol. The summed E-state index contributed by atoms with van der Waals surface area (Å²) in [5, 5.41) is 0. The number of hydrogen-bond donors (Lipinski definition) is 0. The van der Waals surface area contributed by atoms with Crippen LogP contribution >= 0.6 is 0 Å². The first-order chi connectivity index (χ1) is 5.20. The molecule has 3 nitrogen and oxygen atoms in total. The predicted octanol–water partition coefficient (Wildman–Crippen LogP) is -0.0498. The van der Waals surface area contributed by atoms with Gasteiger partial charge in [-0.25, -0.2) is 0 Å². The van der Waals surface area contributed by atoms with Crippen LogP contribution in [0.5, 0.6) is 0 Å². The van der Waals surface area contributed by atoms with Crippen LogP contribution in [0.4, 0.5) is 0 Å². The number of ether oxygens (including phenoxy) is 1. The van der Waals surface area contributed by atoms with Crippen molar-refractivity contribution in [2.75, 3.05) is 6.61 Å². The minimum absolute atomic E-state index is 0.109. The number of hydrogen-bond acceptors (Lipinski definition) is 3. The maximum atomic E-state index is 10.7. The zero-order chi connectivity index (χ0) is 8.69. The average molecular weight is 156 g/mol. The van der Waals surface area contributed by atoms with Gasteiger partial charge in [0.1, 0.15) is 13.6 Å². The van der Waals surface area contributed by atoms with Gasteiger partial charge in [0, 0.05) is 6.42 Å². The number of carbonyl (C=O) groups is 2. The molecule has 0 amide bonds. The van der Waals surface area contributed by atoms with Crippen molar-refractivity contribution < 1.29 is 14.3 Å². The van der Waals surface area contributed by atoms with E-state index in [1.165, 1.54) is 0 Å². The van der Waals surface area contributed by atoms with Crippen molar-refractivity contribution in [3.8, 4) is 0 Å². The Morgan fingerprint density at radius 1 is 1.36 bits per heavy atom. The lowest BCUT2D eigenvalue weighted by Crippen LogP contribution is -2.07. The van der Waals surface area contributed by atoms with Gasteiger partial charge in [-0.2, -0.15) is 0 Å². The minimum Gasteiger partial charge on any atom is -0.466 e. The molecule has 62 valence electrons. The van der Waals surface area contributed by atoms with Crippen molar-refractivity contribution in [2.45, 2.75) is 26.1 Å². The highest BCUT2D eigenvalue weighted by Gasteiger charge is 2.04. The zero-order valence-corrected chi connectivity index (χ0v) is 7.05. The van der Waals surface area contributed by atoms with Crippen LogP contribution in [0.3, 0.4) is 0 Å². The molecule has 0 rings (SSSR count). The van der Waals surface area contributed by atoms with Crippen LogP contribution in [-0.2, 0) is 14.3 Å². The fourth-order valence-electron chi connectivity index (χ4n) is 0.651. The fourth-order valence-corrected chi connectivity index (χ4v) is 0.651. The Hall–Kier alpha value is -0.795. The highest BCUT2D eigenvalue weighted by molar-refractivity contribution is 6.20. The van der Waals surface area contributed by atoms with Gasteiger partial charge in [-0.3, -0.25) is 4.79 Å². The molecule has 0 saturated heterocycles. The Kier molecular flexibility index (Phi) is 5.52. The van der Waals surface area contributed by atoms with Gasteiger partial charge in [0.25, 0.3) is 0 Å². The lowest BCUT2D eigenvalue weighted by Gasteiger charge is -1.99. The Labute approximate surface area is 67.5 Å². The van der Waals surface area contributed by atoms with Gasteiger partial charge in [0.05, 0.1) is 13.0 Å². The molecule has 0 aromatic carbocycles. The maximum absolute atomic E-state index is 10.7. The molecule has 0 unspecified atom stereocenters. The highest BCUT2D eigenvalue weighted by Crippen LogP contribution is 1.95. The van der Waals surface area contributed by atoms with Gasteiger partial charge >= 0.3 is 5.97 Å².